The maximum Gasteiger partial charge on any atom is 0.327 e. The molecule has 5 heteroatoms. The summed E-state index contributed by atoms with van der Waals surface area (Å²) in [7, 11) is 0. The number of rotatable bonds is 6. The average molecular weight is 275 g/mol. The molecule has 5 nitrogen and oxygen atoms in total. The highest BCUT2D eigenvalue weighted by atomic mass is 16.5. The summed E-state index contributed by atoms with van der Waals surface area (Å²) in [5, 5.41) is 8.65. The van der Waals surface area contributed by atoms with E-state index in [1.807, 2.05) is 55.9 Å². The molecule has 0 radical (unpaired) electrons. The van der Waals surface area contributed by atoms with Crippen molar-refractivity contribution < 1.29 is 9.53 Å². The van der Waals surface area contributed by atoms with E-state index in [1.54, 1.807) is 0 Å². The fraction of sp³-hybridized carbons (Fsp3) is 0.467. The number of fused-ring (bicyclic) bond motifs is 1. The molecule has 0 fully saturated rings. The van der Waals surface area contributed by atoms with Crippen LogP contribution in [0.5, 0.6) is 0 Å². The van der Waals surface area contributed by atoms with Gasteiger partial charge in [0.1, 0.15) is 5.54 Å². The minimum atomic E-state index is -0.778. The first-order chi connectivity index (χ1) is 9.60. The monoisotopic (exact) mass is 275 g/mol. The van der Waals surface area contributed by atoms with Gasteiger partial charge in [0.15, 0.2) is 0 Å². The molecule has 108 valence electrons. The second-order valence-electron chi connectivity index (χ2n) is 4.94. The highest BCUT2D eigenvalue weighted by Gasteiger charge is 2.35. The van der Waals surface area contributed by atoms with Crippen LogP contribution in [0.3, 0.4) is 0 Å². The number of nitrogens with zero attached hydrogens (tertiary/aromatic N) is 2. The van der Waals surface area contributed by atoms with E-state index in [0.29, 0.717) is 19.7 Å². The zero-order valence-corrected chi connectivity index (χ0v) is 12.2. The van der Waals surface area contributed by atoms with Gasteiger partial charge in [0.05, 0.1) is 24.9 Å². The lowest BCUT2D eigenvalue weighted by Gasteiger charge is -2.28. The van der Waals surface area contributed by atoms with Crippen molar-refractivity contribution >= 4 is 16.9 Å². The van der Waals surface area contributed by atoms with Gasteiger partial charge in [-0.1, -0.05) is 25.1 Å². The van der Waals surface area contributed by atoms with Crippen LogP contribution in [0.15, 0.2) is 30.5 Å². The first-order valence-corrected chi connectivity index (χ1v) is 6.93. The average Bonchev–Trinajstić information content (AvgIpc) is 2.83. The van der Waals surface area contributed by atoms with Crippen LogP contribution >= 0.6 is 0 Å². The fourth-order valence-corrected chi connectivity index (χ4v) is 2.32. The first-order valence-electron chi connectivity index (χ1n) is 6.93. The summed E-state index contributed by atoms with van der Waals surface area (Å²) in [5.74, 6) is -0.249. The van der Waals surface area contributed by atoms with E-state index in [2.05, 4.69) is 10.4 Å². The topological polar surface area (TPSA) is 56.2 Å². The van der Waals surface area contributed by atoms with Crippen LogP contribution in [-0.4, -0.2) is 34.4 Å². The Labute approximate surface area is 118 Å². The van der Waals surface area contributed by atoms with E-state index >= 15 is 0 Å². The molecule has 20 heavy (non-hydrogen) atoms. The highest BCUT2D eigenvalue weighted by molar-refractivity contribution is 5.81. The minimum Gasteiger partial charge on any atom is -0.465 e. The number of hydrogen-bond acceptors (Lipinski definition) is 4. The summed E-state index contributed by atoms with van der Waals surface area (Å²) in [6.07, 6.45) is 1.81. The van der Waals surface area contributed by atoms with E-state index in [-0.39, 0.29) is 5.97 Å². The lowest BCUT2D eigenvalue weighted by atomic mass is 10.0. The number of nitrogens with one attached hydrogen (secondary N) is 1. The second kappa shape index (κ2) is 6.05. The van der Waals surface area contributed by atoms with Crippen LogP contribution in [-0.2, 0) is 16.1 Å². The highest BCUT2D eigenvalue weighted by Crippen LogP contribution is 2.17. The van der Waals surface area contributed by atoms with Gasteiger partial charge in [-0.05, 0) is 26.5 Å². The molecule has 0 aliphatic rings. The minimum absolute atomic E-state index is 0.249. The Bertz CT molecular complexity index is 594. The Morgan fingerprint density at radius 2 is 2.15 bits per heavy atom. The van der Waals surface area contributed by atoms with E-state index in [0.717, 1.165) is 10.9 Å². The summed E-state index contributed by atoms with van der Waals surface area (Å²) >= 11 is 0. The zero-order valence-electron chi connectivity index (χ0n) is 12.2. The van der Waals surface area contributed by atoms with Crippen LogP contribution in [0.2, 0.25) is 0 Å². The van der Waals surface area contributed by atoms with Crippen molar-refractivity contribution in [1.82, 2.24) is 15.1 Å². The molecule has 1 N–H and O–H groups in total. The third kappa shape index (κ3) is 2.82. The number of carbonyl (C=O) groups is 1. The van der Waals surface area contributed by atoms with E-state index < -0.39 is 5.54 Å². The molecule has 0 aliphatic heterocycles. The van der Waals surface area contributed by atoms with E-state index in [9.17, 15) is 4.79 Å². The predicted molar refractivity (Wildman–Crippen MR) is 78.4 cm³/mol. The van der Waals surface area contributed by atoms with E-state index in [1.165, 1.54) is 0 Å². The molecule has 0 spiro atoms. The summed E-state index contributed by atoms with van der Waals surface area (Å²) < 4.78 is 7.02. The van der Waals surface area contributed by atoms with Gasteiger partial charge in [-0.3, -0.25) is 4.68 Å². The van der Waals surface area contributed by atoms with Crippen LogP contribution in [0.1, 0.15) is 20.8 Å². The molecular weight excluding hydrogens is 254 g/mol. The predicted octanol–water partition coefficient (Wildman–Crippen LogP) is 1.97. The van der Waals surface area contributed by atoms with Gasteiger partial charge in [0.2, 0.25) is 0 Å². The molecule has 1 unspecified atom stereocenters. The molecule has 0 saturated carbocycles. The summed E-state index contributed by atoms with van der Waals surface area (Å²) in [6.45, 7) is 7.14. The molecule has 0 bridgehead atoms. The lowest BCUT2D eigenvalue weighted by molar-refractivity contribution is -0.151. The summed E-state index contributed by atoms with van der Waals surface area (Å²) in [5.41, 5.74) is 0.237. The standard InChI is InChI=1S/C15H21N3O2/c1-4-16-15(3,14(19)20-5-2)11-18-13-9-7-6-8-12(13)10-17-18/h6-10,16H,4-5,11H2,1-3H3. The van der Waals surface area contributed by atoms with Crippen molar-refractivity contribution in [2.75, 3.05) is 13.2 Å². The van der Waals surface area contributed by atoms with Crippen molar-refractivity contribution in [3.63, 3.8) is 0 Å². The lowest BCUT2D eigenvalue weighted by Crippen LogP contribution is -2.53. The molecule has 1 heterocycles. The number of benzene rings is 1. The zero-order chi connectivity index (χ0) is 14.6. The number of ether oxygens (including phenoxy) is 1. The summed E-state index contributed by atoms with van der Waals surface area (Å²) in [4.78, 5) is 12.2. The van der Waals surface area contributed by atoms with Crippen LogP contribution in [0.4, 0.5) is 0 Å². The number of esters is 1. The van der Waals surface area contributed by atoms with Crippen molar-refractivity contribution in [3.8, 4) is 0 Å². The van der Waals surface area contributed by atoms with Gasteiger partial charge in [-0.25, -0.2) is 4.79 Å². The Morgan fingerprint density at radius 1 is 1.40 bits per heavy atom. The van der Waals surface area contributed by atoms with Gasteiger partial charge < -0.3 is 10.1 Å². The van der Waals surface area contributed by atoms with Gasteiger partial charge in [-0.15, -0.1) is 0 Å². The smallest absolute Gasteiger partial charge is 0.327 e. The molecule has 1 aromatic heterocycles. The van der Waals surface area contributed by atoms with Crippen LogP contribution in [0.25, 0.3) is 10.9 Å². The molecular formula is C15H21N3O2. The van der Waals surface area contributed by atoms with Crippen LogP contribution < -0.4 is 5.32 Å². The van der Waals surface area contributed by atoms with Gasteiger partial charge in [0.25, 0.3) is 0 Å². The number of aromatic nitrogens is 2. The second-order valence-corrected chi connectivity index (χ2v) is 4.94. The Balaban J connectivity index is 2.30. The molecule has 1 atom stereocenters. The van der Waals surface area contributed by atoms with Gasteiger partial charge >= 0.3 is 5.97 Å². The third-order valence-electron chi connectivity index (χ3n) is 3.31. The number of likely N-dealkylation sites (N-methyl/N-ethyl adjacent to an activating group) is 1. The van der Waals surface area contributed by atoms with Crippen LogP contribution in [0, 0.1) is 0 Å². The largest absolute Gasteiger partial charge is 0.465 e. The summed E-state index contributed by atoms with van der Waals surface area (Å²) in [6, 6.07) is 7.95. The maximum atomic E-state index is 12.2. The third-order valence-corrected chi connectivity index (χ3v) is 3.31. The van der Waals surface area contributed by atoms with Crippen molar-refractivity contribution in [2.24, 2.45) is 0 Å². The first kappa shape index (κ1) is 14.5. The maximum absolute atomic E-state index is 12.2. The van der Waals surface area contributed by atoms with Crippen molar-refractivity contribution in [3.05, 3.63) is 30.5 Å². The van der Waals surface area contributed by atoms with E-state index in [4.69, 9.17) is 4.74 Å². The quantitative estimate of drug-likeness (QED) is 0.819. The van der Waals surface area contributed by atoms with Gasteiger partial charge in [0, 0.05) is 5.39 Å². The number of hydrogen-bond donors (Lipinski definition) is 1. The van der Waals surface area contributed by atoms with Crippen molar-refractivity contribution in [2.45, 2.75) is 32.9 Å². The normalized spacial score (nSPS) is 14.2. The molecule has 0 amide bonds. The Kier molecular flexibility index (Phi) is 4.39. The van der Waals surface area contributed by atoms with Gasteiger partial charge in [-0.2, -0.15) is 5.10 Å². The molecule has 2 aromatic rings. The molecule has 0 saturated heterocycles. The Hall–Kier alpha value is -1.88. The molecule has 0 aliphatic carbocycles. The van der Waals surface area contributed by atoms with Crippen molar-refractivity contribution in [1.29, 1.82) is 0 Å². The fourth-order valence-electron chi connectivity index (χ4n) is 2.32. The number of carbonyl (C=O) groups excluding carboxylic acids is 1. The Morgan fingerprint density at radius 3 is 2.85 bits per heavy atom. The number of para-hydroxylation sites is 1. The molecule has 1 aromatic carbocycles. The SMILES string of the molecule is CCNC(C)(Cn1ncc2ccccc21)C(=O)OCC. The molecule has 2 rings (SSSR count).